The van der Waals surface area contributed by atoms with Crippen LogP contribution in [0.5, 0.6) is 0 Å². The molecule has 4 aromatic carbocycles. The second kappa shape index (κ2) is 34.4. The van der Waals surface area contributed by atoms with Crippen LogP contribution in [0, 0.1) is 0 Å². The van der Waals surface area contributed by atoms with E-state index in [2.05, 4.69) is 61.8 Å². The quantitative estimate of drug-likeness (QED) is 0.0148. The molecule has 3 heterocycles. The summed E-state index contributed by atoms with van der Waals surface area (Å²) in [5.41, 5.74) is 62.1. The van der Waals surface area contributed by atoms with Crippen LogP contribution < -0.4 is 83.5 Å². The molecule has 0 spiro atoms. The van der Waals surface area contributed by atoms with E-state index in [9.17, 15) is 28.8 Å². The summed E-state index contributed by atoms with van der Waals surface area (Å²) in [7, 11) is 0. The number of nitrogens with one attached hydrogen (secondary N) is 9. The van der Waals surface area contributed by atoms with Gasteiger partial charge >= 0.3 is 0 Å². The Balaban J connectivity index is 1.26. The van der Waals surface area contributed by atoms with Crippen LogP contribution in [0.2, 0.25) is 0 Å². The summed E-state index contributed by atoms with van der Waals surface area (Å²) < 4.78 is 0. The third kappa shape index (κ3) is 19.5. The fourth-order valence-corrected chi connectivity index (χ4v) is 11.9. The summed E-state index contributed by atoms with van der Waals surface area (Å²) in [6, 6.07) is 16.7. The largest absolute Gasteiger partial charge is 0.370 e. The van der Waals surface area contributed by atoms with Crippen molar-refractivity contribution in [1.29, 1.82) is 0 Å². The lowest BCUT2D eigenvalue weighted by Gasteiger charge is -2.28. The molecule has 6 amide bonds. The average molecular weight is 1280 g/mol. The lowest BCUT2D eigenvalue weighted by molar-refractivity contribution is -0.129. The number of para-hydroxylation sites is 3. The number of fused-ring (bicyclic) bond motifs is 3. The van der Waals surface area contributed by atoms with Crippen molar-refractivity contribution in [3.8, 4) is 0 Å². The second-order valence-electron chi connectivity index (χ2n) is 23.1. The third-order valence-electron chi connectivity index (χ3n) is 16.7. The number of guanidine groups is 3. The molecular weight excluding hydrogens is 1180 g/mol. The van der Waals surface area contributed by atoms with Gasteiger partial charge in [-0.3, -0.25) is 43.7 Å². The van der Waals surface area contributed by atoms with Crippen LogP contribution in [-0.4, -0.2) is 124 Å². The van der Waals surface area contributed by atoms with E-state index in [1.54, 1.807) is 0 Å². The maximum atomic E-state index is 15.0. The molecule has 27 heteroatoms. The van der Waals surface area contributed by atoms with E-state index < -0.39 is 71.7 Å². The number of amides is 6. The minimum absolute atomic E-state index is 0.0392. The standard InChI is InChI=1S/C66H93N21O6/c1-4-40-46(34-82-61(91)55(28-37-31-79-52-22-10-7-16-43(37)52)85-58(88)49(67)19-13-25-76-64(70)71)41(5-2)48(36-84-63(93)57(30-39-33-81-54-24-12-9-18-45(39)54)87-60(90)51(69)21-15-27-78-66(74)75)42(6-3)47(40)35-83-62(92)56(29-38-32-80-53-23-11-8-17-44(38)53)86-59(89)50(68)20-14-26-77-65(72)73/h7-12,16-18,22-24,31-33,49-51,55-57,79-81H,4-6,13-15,19-21,25-30,34-36,67-69H2,1-3H3,(H,82,91)(H,83,92)(H,84,93)(H,85,88)(H,86,89)(H,87,90)(H4,70,71,76)(H4,72,73,77)(H4,74,75,78)/t49-,50-,51-,55-,56-,57-/m0/s1. The van der Waals surface area contributed by atoms with Crippen molar-refractivity contribution in [2.75, 3.05) is 19.6 Å². The minimum atomic E-state index is -1.10. The molecule has 27 nitrogen and oxygen atoms in total. The average Bonchev–Trinajstić information content (AvgIpc) is 1.63. The van der Waals surface area contributed by atoms with E-state index in [1.807, 2.05) is 112 Å². The molecule has 0 aliphatic heterocycles. The van der Waals surface area contributed by atoms with E-state index in [1.165, 1.54) is 0 Å². The maximum Gasteiger partial charge on any atom is 0.243 e. The van der Waals surface area contributed by atoms with Gasteiger partial charge in [0.25, 0.3) is 0 Å². The molecule has 93 heavy (non-hydrogen) atoms. The molecule has 7 aromatic rings. The first-order valence-electron chi connectivity index (χ1n) is 31.7. The highest BCUT2D eigenvalue weighted by Gasteiger charge is 2.31. The van der Waals surface area contributed by atoms with Crippen LogP contribution in [0.15, 0.2) is 106 Å². The number of carbonyl (C=O) groups excluding carboxylic acids is 6. The van der Waals surface area contributed by atoms with Crippen LogP contribution in [-0.2, 0) is 86.9 Å². The number of aromatic amines is 3. The summed E-state index contributed by atoms with van der Waals surface area (Å²) in [4.78, 5) is 109. The van der Waals surface area contributed by atoms with Gasteiger partial charge in [-0.1, -0.05) is 75.4 Å². The second-order valence-corrected chi connectivity index (χ2v) is 23.1. The van der Waals surface area contributed by atoms with E-state index in [4.69, 9.17) is 51.6 Å². The molecule has 0 bridgehead atoms. The Labute approximate surface area is 540 Å². The summed E-state index contributed by atoms with van der Waals surface area (Å²) in [6.07, 6.45) is 9.00. The zero-order valence-electron chi connectivity index (χ0n) is 53.3. The lowest BCUT2D eigenvalue weighted by atomic mass is 9.83. The van der Waals surface area contributed by atoms with Crippen molar-refractivity contribution in [2.45, 2.75) is 154 Å². The van der Waals surface area contributed by atoms with Gasteiger partial charge in [-0.15, -0.1) is 0 Å². The minimum Gasteiger partial charge on any atom is -0.370 e. The lowest BCUT2D eigenvalue weighted by Crippen LogP contribution is -2.52. The number of hydrogen-bond donors (Lipinski definition) is 18. The van der Waals surface area contributed by atoms with Crippen LogP contribution in [0.4, 0.5) is 0 Å². The summed E-state index contributed by atoms with van der Waals surface area (Å²) >= 11 is 0. The first-order valence-corrected chi connectivity index (χ1v) is 31.7. The van der Waals surface area contributed by atoms with Crippen molar-refractivity contribution >= 4 is 86.0 Å². The molecule has 0 aliphatic rings. The molecule has 0 unspecified atom stereocenters. The molecule has 27 N–H and O–H groups in total. The van der Waals surface area contributed by atoms with Crippen LogP contribution in [0.25, 0.3) is 32.7 Å². The zero-order valence-corrected chi connectivity index (χ0v) is 53.3. The van der Waals surface area contributed by atoms with Gasteiger partial charge < -0.3 is 98.5 Å². The Morgan fingerprint density at radius 2 is 0.645 bits per heavy atom. The summed E-state index contributed by atoms with van der Waals surface area (Å²) in [6.45, 7) is 6.62. The molecule has 6 atom stereocenters. The molecule has 0 saturated carbocycles. The van der Waals surface area contributed by atoms with Gasteiger partial charge in [-0.2, -0.15) is 0 Å². The Hall–Kier alpha value is -9.99. The highest BCUT2D eigenvalue weighted by Crippen LogP contribution is 2.32. The fraction of sp³-hybridized carbons (Fsp3) is 0.409. The van der Waals surface area contributed by atoms with Crippen molar-refractivity contribution in [2.24, 2.45) is 66.6 Å². The SMILES string of the molecule is CCc1c(CNC(=O)[C@H](Cc2c[nH]c3ccccc23)NC(=O)[C@@H](N)CCCN=C(N)N)c(CC)c(CNC(=O)[C@H](Cc2c[nH]c3ccccc23)NC(=O)[C@@H](N)CCCN=C(N)N)c(CC)c1CNC(=O)[C@H](Cc1c[nH]c2ccccc12)NC(=O)[C@@H](N)CCCN=C(N)N. The van der Waals surface area contributed by atoms with Gasteiger partial charge in [0.2, 0.25) is 35.4 Å². The number of rotatable bonds is 36. The van der Waals surface area contributed by atoms with Gasteiger partial charge in [0.05, 0.1) is 18.1 Å². The van der Waals surface area contributed by atoms with Crippen LogP contribution in [0.3, 0.4) is 0 Å². The van der Waals surface area contributed by atoms with E-state index in [-0.39, 0.29) is 95.7 Å². The van der Waals surface area contributed by atoms with Crippen LogP contribution in [0.1, 0.15) is 109 Å². The van der Waals surface area contributed by atoms with Gasteiger partial charge in [0, 0.05) is 110 Å². The number of H-pyrrole nitrogens is 3. The first kappa shape index (κ1) is 70.5. The molecular formula is C66H93N21O6. The smallest absolute Gasteiger partial charge is 0.243 e. The summed E-state index contributed by atoms with van der Waals surface area (Å²) in [5, 5.41) is 21.0. The predicted molar refractivity (Wildman–Crippen MR) is 366 cm³/mol. The van der Waals surface area contributed by atoms with E-state index >= 15 is 0 Å². The van der Waals surface area contributed by atoms with Crippen molar-refractivity contribution < 1.29 is 28.8 Å². The summed E-state index contributed by atoms with van der Waals surface area (Å²) in [5.74, 6) is -3.35. The normalized spacial score (nSPS) is 13.2. The molecule has 0 aliphatic carbocycles. The van der Waals surface area contributed by atoms with Gasteiger partial charge in [-0.05, 0) is 126 Å². The predicted octanol–water partition coefficient (Wildman–Crippen LogP) is 0.991. The maximum absolute atomic E-state index is 15.0. The van der Waals surface area contributed by atoms with Crippen molar-refractivity contribution in [3.05, 3.63) is 141 Å². The highest BCUT2D eigenvalue weighted by atomic mass is 16.2. The van der Waals surface area contributed by atoms with Gasteiger partial charge in [-0.25, -0.2) is 0 Å². The molecule has 0 saturated heterocycles. The number of nitrogens with zero attached hydrogens (tertiary/aromatic N) is 3. The van der Waals surface area contributed by atoms with E-state index in [0.29, 0.717) is 38.5 Å². The third-order valence-corrected chi connectivity index (χ3v) is 16.7. The molecule has 0 radical (unpaired) electrons. The molecule has 498 valence electrons. The van der Waals surface area contributed by atoms with Crippen LogP contribution >= 0.6 is 0 Å². The number of carbonyl (C=O) groups is 6. The van der Waals surface area contributed by atoms with Gasteiger partial charge in [0.1, 0.15) is 18.1 Å². The fourth-order valence-electron chi connectivity index (χ4n) is 11.9. The number of hydrogen-bond acceptors (Lipinski definition) is 12. The van der Waals surface area contributed by atoms with Crippen molar-refractivity contribution in [3.63, 3.8) is 0 Å². The number of benzene rings is 4. The number of aliphatic imine (C=N–C) groups is 3. The Morgan fingerprint density at radius 1 is 0.387 bits per heavy atom. The highest BCUT2D eigenvalue weighted by molar-refractivity contribution is 5.94. The topological polar surface area (TPSA) is 493 Å². The van der Waals surface area contributed by atoms with Crippen molar-refractivity contribution in [1.82, 2.24) is 46.9 Å². The molecule has 3 aromatic heterocycles. The van der Waals surface area contributed by atoms with E-state index in [0.717, 1.165) is 82.8 Å². The molecule has 0 fully saturated rings. The zero-order chi connectivity index (χ0) is 67.1. The first-order chi connectivity index (χ1) is 44.7. The number of nitrogens with two attached hydrogens (primary N) is 9. The molecule has 7 rings (SSSR count). The van der Waals surface area contributed by atoms with Gasteiger partial charge in [0.15, 0.2) is 17.9 Å². The number of aromatic nitrogens is 3. The Bertz CT molecular complexity index is 3390. The Morgan fingerprint density at radius 3 is 0.892 bits per heavy atom. The monoisotopic (exact) mass is 1280 g/mol. The Kier molecular flexibility index (Phi) is 26.1.